The average Bonchev–Trinajstić information content (AvgIpc) is 2.16. The smallest absolute Gasteiger partial charge is 0.241 e. The van der Waals surface area contributed by atoms with Crippen LogP contribution in [0.1, 0.15) is 30.9 Å². The van der Waals surface area contributed by atoms with Crippen LogP contribution in [0.3, 0.4) is 0 Å². The number of rotatable bonds is 4. The standard InChI is InChI=1S/C13H20N2O/c1-4-5-12(14)13(16)15-11-7-9(2)6-10(3)8-11/h6-8,12H,4-5,14H2,1-3H3,(H,15,16). The number of nitrogens with one attached hydrogen (secondary N) is 1. The topological polar surface area (TPSA) is 55.1 Å². The highest BCUT2D eigenvalue weighted by molar-refractivity contribution is 5.94. The fraction of sp³-hybridized carbons (Fsp3) is 0.462. The van der Waals surface area contributed by atoms with Crippen LogP contribution in [0.4, 0.5) is 5.69 Å². The Morgan fingerprint density at radius 3 is 2.38 bits per heavy atom. The molecule has 0 aliphatic rings. The summed E-state index contributed by atoms with van der Waals surface area (Å²) in [5, 5.41) is 2.84. The number of carbonyl (C=O) groups is 1. The number of hydrogen-bond donors (Lipinski definition) is 2. The van der Waals surface area contributed by atoms with E-state index >= 15 is 0 Å². The maximum Gasteiger partial charge on any atom is 0.241 e. The summed E-state index contributed by atoms with van der Waals surface area (Å²) in [6.45, 7) is 6.03. The summed E-state index contributed by atoms with van der Waals surface area (Å²) in [5.41, 5.74) is 8.84. The second kappa shape index (κ2) is 5.66. The van der Waals surface area contributed by atoms with Crippen molar-refractivity contribution in [2.24, 2.45) is 5.73 Å². The molecule has 3 N–H and O–H groups in total. The van der Waals surface area contributed by atoms with Crippen molar-refractivity contribution in [2.45, 2.75) is 39.7 Å². The van der Waals surface area contributed by atoms with Crippen molar-refractivity contribution in [1.29, 1.82) is 0 Å². The molecule has 0 aliphatic carbocycles. The number of nitrogens with two attached hydrogens (primary N) is 1. The molecule has 0 heterocycles. The van der Waals surface area contributed by atoms with Gasteiger partial charge in [0.15, 0.2) is 0 Å². The lowest BCUT2D eigenvalue weighted by molar-refractivity contribution is -0.117. The molecular weight excluding hydrogens is 200 g/mol. The van der Waals surface area contributed by atoms with Gasteiger partial charge in [-0.2, -0.15) is 0 Å². The number of hydrogen-bond acceptors (Lipinski definition) is 2. The van der Waals surface area contributed by atoms with Crippen LogP contribution in [0.15, 0.2) is 18.2 Å². The molecule has 1 atom stereocenters. The Hall–Kier alpha value is -1.35. The largest absolute Gasteiger partial charge is 0.325 e. The molecule has 0 saturated carbocycles. The summed E-state index contributed by atoms with van der Waals surface area (Å²) in [6, 6.07) is 5.56. The third-order valence-corrected chi connectivity index (χ3v) is 2.43. The van der Waals surface area contributed by atoms with E-state index in [4.69, 9.17) is 5.73 Å². The van der Waals surface area contributed by atoms with Gasteiger partial charge in [-0.15, -0.1) is 0 Å². The van der Waals surface area contributed by atoms with E-state index in [9.17, 15) is 4.79 Å². The van der Waals surface area contributed by atoms with Gasteiger partial charge in [-0.05, 0) is 43.5 Å². The summed E-state index contributed by atoms with van der Waals surface area (Å²) < 4.78 is 0. The minimum Gasteiger partial charge on any atom is -0.325 e. The van der Waals surface area contributed by atoms with Crippen molar-refractivity contribution in [3.8, 4) is 0 Å². The van der Waals surface area contributed by atoms with E-state index in [2.05, 4.69) is 11.4 Å². The summed E-state index contributed by atoms with van der Waals surface area (Å²) in [7, 11) is 0. The van der Waals surface area contributed by atoms with Crippen molar-refractivity contribution in [3.63, 3.8) is 0 Å². The lowest BCUT2D eigenvalue weighted by Crippen LogP contribution is -2.35. The Morgan fingerprint density at radius 2 is 1.88 bits per heavy atom. The first-order valence-electron chi connectivity index (χ1n) is 5.67. The van der Waals surface area contributed by atoms with Gasteiger partial charge in [0.25, 0.3) is 0 Å². The van der Waals surface area contributed by atoms with Crippen LogP contribution >= 0.6 is 0 Å². The fourth-order valence-corrected chi connectivity index (χ4v) is 1.72. The Bertz CT molecular complexity index is 354. The van der Waals surface area contributed by atoms with E-state index in [1.165, 1.54) is 0 Å². The van der Waals surface area contributed by atoms with Crippen molar-refractivity contribution in [1.82, 2.24) is 0 Å². The molecule has 0 saturated heterocycles. The molecule has 1 rings (SSSR count). The first-order chi connectivity index (χ1) is 7.52. The Morgan fingerprint density at radius 1 is 1.31 bits per heavy atom. The number of benzene rings is 1. The highest BCUT2D eigenvalue weighted by atomic mass is 16.2. The van der Waals surface area contributed by atoms with Crippen LogP contribution < -0.4 is 11.1 Å². The summed E-state index contributed by atoms with van der Waals surface area (Å²) >= 11 is 0. The first-order valence-corrected chi connectivity index (χ1v) is 5.67. The van der Waals surface area contributed by atoms with Gasteiger partial charge in [0.1, 0.15) is 0 Å². The molecule has 88 valence electrons. The van der Waals surface area contributed by atoms with Crippen LogP contribution in [0.5, 0.6) is 0 Å². The Balaban J connectivity index is 2.69. The summed E-state index contributed by atoms with van der Waals surface area (Å²) in [6.07, 6.45) is 1.64. The zero-order valence-electron chi connectivity index (χ0n) is 10.2. The molecule has 0 spiro atoms. The normalized spacial score (nSPS) is 12.2. The molecule has 1 unspecified atom stereocenters. The molecule has 1 aromatic carbocycles. The zero-order valence-corrected chi connectivity index (χ0v) is 10.2. The lowest BCUT2D eigenvalue weighted by atomic mass is 10.1. The zero-order chi connectivity index (χ0) is 12.1. The third kappa shape index (κ3) is 3.66. The minimum absolute atomic E-state index is 0.105. The summed E-state index contributed by atoms with van der Waals surface area (Å²) in [5.74, 6) is -0.105. The van der Waals surface area contributed by atoms with E-state index in [0.29, 0.717) is 0 Å². The molecule has 0 bridgehead atoms. The predicted molar refractivity (Wildman–Crippen MR) is 67.4 cm³/mol. The molecular formula is C13H20N2O. The van der Waals surface area contributed by atoms with Crippen LogP contribution in [0.25, 0.3) is 0 Å². The van der Waals surface area contributed by atoms with E-state index in [-0.39, 0.29) is 5.91 Å². The van der Waals surface area contributed by atoms with E-state index in [1.807, 2.05) is 32.9 Å². The Kier molecular flexibility index (Phi) is 4.50. The van der Waals surface area contributed by atoms with Gasteiger partial charge < -0.3 is 11.1 Å². The van der Waals surface area contributed by atoms with E-state index < -0.39 is 6.04 Å². The molecule has 3 nitrogen and oxygen atoms in total. The van der Waals surface area contributed by atoms with E-state index in [0.717, 1.165) is 29.7 Å². The van der Waals surface area contributed by atoms with Gasteiger partial charge >= 0.3 is 0 Å². The summed E-state index contributed by atoms with van der Waals surface area (Å²) in [4.78, 5) is 11.7. The Labute approximate surface area is 97.0 Å². The molecule has 1 amide bonds. The highest BCUT2D eigenvalue weighted by Crippen LogP contribution is 2.14. The molecule has 0 aliphatic heterocycles. The second-order valence-electron chi connectivity index (χ2n) is 4.26. The van der Waals surface area contributed by atoms with E-state index in [1.54, 1.807) is 0 Å². The molecule has 0 aromatic heterocycles. The maximum absolute atomic E-state index is 11.7. The number of amides is 1. The highest BCUT2D eigenvalue weighted by Gasteiger charge is 2.12. The first kappa shape index (κ1) is 12.7. The van der Waals surface area contributed by atoms with Crippen molar-refractivity contribution >= 4 is 11.6 Å². The van der Waals surface area contributed by atoms with Crippen LogP contribution in [-0.4, -0.2) is 11.9 Å². The fourth-order valence-electron chi connectivity index (χ4n) is 1.72. The predicted octanol–water partition coefficient (Wildman–Crippen LogP) is 2.37. The number of carbonyl (C=O) groups excluding carboxylic acids is 1. The van der Waals surface area contributed by atoms with Crippen molar-refractivity contribution in [3.05, 3.63) is 29.3 Å². The number of anilines is 1. The van der Waals surface area contributed by atoms with Gasteiger partial charge in [-0.3, -0.25) is 4.79 Å². The van der Waals surface area contributed by atoms with Crippen molar-refractivity contribution in [2.75, 3.05) is 5.32 Å². The molecule has 0 fully saturated rings. The van der Waals surface area contributed by atoms with Gasteiger partial charge in [0.05, 0.1) is 6.04 Å². The SMILES string of the molecule is CCCC(N)C(=O)Nc1cc(C)cc(C)c1. The van der Waals surface area contributed by atoms with Crippen LogP contribution in [0.2, 0.25) is 0 Å². The molecule has 1 aromatic rings. The quantitative estimate of drug-likeness (QED) is 0.818. The maximum atomic E-state index is 11.7. The third-order valence-electron chi connectivity index (χ3n) is 2.43. The molecule has 16 heavy (non-hydrogen) atoms. The number of aryl methyl sites for hydroxylation is 2. The van der Waals surface area contributed by atoms with Gasteiger partial charge in [0.2, 0.25) is 5.91 Å². The minimum atomic E-state index is -0.411. The van der Waals surface area contributed by atoms with Crippen LogP contribution in [-0.2, 0) is 4.79 Å². The second-order valence-corrected chi connectivity index (χ2v) is 4.26. The monoisotopic (exact) mass is 220 g/mol. The van der Waals surface area contributed by atoms with Gasteiger partial charge in [0, 0.05) is 5.69 Å². The molecule has 0 radical (unpaired) electrons. The average molecular weight is 220 g/mol. The van der Waals surface area contributed by atoms with Gasteiger partial charge in [-0.25, -0.2) is 0 Å². The molecule has 3 heteroatoms. The van der Waals surface area contributed by atoms with Crippen LogP contribution in [0, 0.1) is 13.8 Å². The van der Waals surface area contributed by atoms with Gasteiger partial charge in [-0.1, -0.05) is 19.4 Å². The lowest BCUT2D eigenvalue weighted by Gasteiger charge is -2.12. The van der Waals surface area contributed by atoms with Crippen molar-refractivity contribution < 1.29 is 4.79 Å².